The molecule has 0 saturated heterocycles. The summed E-state index contributed by atoms with van der Waals surface area (Å²) in [4.78, 5) is 30.1. The van der Waals surface area contributed by atoms with Gasteiger partial charge in [-0.25, -0.2) is 8.42 Å². The monoisotopic (exact) mass is 713 g/mol. The second-order valence-corrected chi connectivity index (χ2v) is 14.6. The number of carbonyl (C=O) groups is 2. The Labute approximate surface area is 292 Å². The first kappa shape index (κ1) is 36.3. The third-order valence-corrected chi connectivity index (χ3v) is 10.7. The smallest absolute Gasteiger partial charge is 0.264 e. The normalized spacial score (nSPS) is 12.7. The van der Waals surface area contributed by atoms with Gasteiger partial charge in [-0.1, -0.05) is 95.8 Å². The fourth-order valence-corrected chi connectivity index (χ4v) is 7.32. The summed E-state index contributed by atoms with van der Waals surface area (Å²) in [6.07, 6.45) is 0.841. The van der Waals surface area contributed by atoms with Crippen LogP contribution in [-0.4, -0.2) is 43.8 Å². The van der Waals surface area contributed by atoms with Gasteiger partial charge in [0.15, 0.2) is 0 Å². The first-order valence-corrected chi connectivity index (χ1v) is 17.8. The number of sulfonamides is 1. The van der Waals surface area contributed by atoms with E-state index in [0.717, 1.165) is 15.4 Å². The first-order valence-electron chi connectivity index (χ1n) is 15.2. The zero-order valence-electron chi connectivity index (χ0n) is 26.7. The second-order valence-electron chi connectivity index (χ2n) is 11.5. The van der Waals surface area contributed by atoms with Crippen molar-refractivity contribution in [2.45, 2.75) is 64.1 Å². The molecule has 0 radical (unpaired) electrons. The Morgan fingerprint density at radius 3 is 2.09 bits per heavy atom. The number of halogens is 3. The Morgan fingerprint density at radius 2 is 1.49 bits per heavy atom. The molecule has 0 aliphatic rings. The van der Waals surface area contributed by atoms with Crippen LogP contribution in [0.3, 0.4) is 0 Å². The molecule has 0 bridgehead atoms. The van der Waals surface area contributed by atoms with Crippen LogP contribution in [0.5, 0.6) is 0 Å². The van der Waals surface area contributed by atoms with Gasteiger partial charge in [-0.15, -0.1) is 0 Å². The number of rotatable bonds is 13. The summed E-state index contributed by atoms with van der Waals surface area (Å²) in [7, 11) is -4.26. The van der Waals surface area contributed by atoms with Gasteiger partial charge < -0.3 is 10.2 Å². The van der Waals surface area contributed by atoms with E-state index < -0.39 is 28.5 Å². The van der Waals surface area contributed by atoms with Crippen molar-refractivity contribution in [1.82, 2.24) is 10.2 Å². The standard InChI is InChI=1S/C36H38Cl3N3O4S/c1-5-26(4)40-36(44)34(21-27-10-7-6-8-11-27)41(22-30-31(38)12-9-13-32(30)39)35(43)23-42(33-19-16-28(37)20-25(33)3)47(45,46)29-17-14-24(2)15-18-29/h6-20,26,34H,5,21-23H2,1-4H3,(H,40,44)/t26-,34-/m1/s1. The lowest BCUT2D eigenvalue weighted by atomic mass is 10.0. The molecule has 2 amide bonds. The molecule has 4 aromatic carbocycles. The molecule has 2 atom stereocenters. The molecule has 0 saturated carbocycles. The molecule has 248 valence electrons. The van der Waals surface area contributed by atoms with Crippen LogP contribution in [0.25, 0.3) is 0 Å². The van der Waals surface area contributed by atoms with Gasteiger partial charge in [0.25, 0.3) is 10.0 Å². The highest BCUT2D eigenvalue weighted by molar-refractivity contribution is 7.92. The molecule has 0 fully saturated rings. The van der Waals surface area contributed by atoms with Gasteiger partial charge in [0.05, 0.1) is 10.6 Å². The Hall–Kier alpha value is -3.56. The molecule has 7 nitrogen and oxygen atoms in total. The number of anilines is 1. The van der Waals surface area contributed by atoms with Gasteiger partial charge in [-0.2, -0.15) is 0 Å². The van der Waals surface area contributed by atoms with Crippen LogP contribution in [0.15, 0.2) is 95.9 Å². The number of benzene rings is 4. The van der Waals surface area contributed by atoms with Crippen molar-refractivity contribution >= 4 is 62.3 Å². The molecular weight excluding hydrogens is 677 g/mol. The van der Waals surface area contributed by atoms with Crippen molar-refractivity contribution in [2.75, 3.05) is 10.8 Å². The van der Waals surface area contributed by atoms with E-state index in [1.54, 1.807) is 55.5 Å². The Bertz CT molecular complexity index is 1800. The quantitative estimate of drug-likeness (QED) is 0.152. The molecule has 0 heterocycles. The molecule has 4 aromatic rings. The number of aryl methyl sites for hydroxylation is 2. The molecule has 0 aromatic heterocycles. The van der Waals surface area contributed by atoms with Crippen molar-refractivity contribution in [1.29, 1.82) is 0 Å². The first-order chi connectivity index (χ1) is 22.3. The molecule has 0 aliphatic carbocycles. The number of hydrogen-bond acceptors (Lipinski definition) is 4. The van der Waals surface area contributed by atoms with E-state index in [0.29, 0.717) is 32.6 Å². The van der Waals surface area contributed by atoms with E-state index in [2.05, 4.69) is 5.32 Å². The molecule has 0 aliphatic heterocycles. The van der Waals surface area contributed by atoms with Gasteiger partial charge in [0.1, 0.15) is 12.6 Å². The molecule has 4 rings (SSSR count). The minimum Gasteiger partial charge on any atom is -0.352 e. The summed E-state index contributed by atoms with van der Waals surface area (Å²) >= 11 is 19.4. The van der Waals surface area contributed by atoms with Crippen molar-refractivity contribution in [3.8, 4) is 0 Å². The van der Waals surface area contributed by atoms with Crippen LogP contribution in [0.1, 0.15) is 42.5 Å². The molecule has 47 heavy (non-hydrogen) atoms. The van der Waals surface area contributed by atoms with Gasteiger partial charge in [-0.3, -0.25) is 13.9 Å². The number of carbonyl (C=O) groups excluding carboxylic acids is 2. The summed E-state index contributed by atoms with van der Waals surface area (Å²) < 4.78 is 29.6. The number of nitrogens with one attached hydrogen (secondary N) is 1. The Balaban J connectivity index is 1.87. The van der Waals surface area contributed by atoms with E-state index in [-0.39, 0.29) is 35.5 Å². The molecule has 0 spiro atoms. The highest BCUT2D eigenvalue weighted by Crippen LogP contribution is 2.31. The van der Waals surface area contributed by atoms with E-state index >= 15 is 0 Å². The molecule has 1 N–H and O–H groups in total. The SMILES string of the molecule is CC[C@@H](C)NC(=O)[C@@H](Cc1ccccc1)N(Cc1c(Cl)cccc1Cl)C(=O)CN(c1ccc(Cl)cc1C)S(=O)(=O)c1ccc(C)cc1. The minimum absolute atomic E-state index is 0.0151. The lowest BCUT2D eigenvalue weighted by Crippen LogP contribution is -2.54. The lowest BCUT2D eigenvalue weighted by molar-refractivity contribution is -0.140. The van der Waals surface area contributed by atoms with Crippen molar-refractivity contribution in [2.24, 2.45) is 0 Å². The van der Waals surface area contributed by atoms with E-state index in [1.165, 1.54) is 17.0 Å². The Kier molecular flexibility index (Phi) is 12.4. The summed E-state index contributed by atoms with van der Waals surface area (Å²) in [5.74, 6) is -0.999. The third-order valence-electron chi connectivity index (χ3n) is 7.98. The maximum absolute atomic E-state index is 14.7. The van der Waals surface area contributed by atoms with Gasteiger partial charge in [0, 0.05) is 39.6 Å². The topological polar surface area (TPSA) is 86.8 Å². The van der Waals surface area contributed by atoms with Gasteiger partial charge >= 0.3 is 0 Å². The number of nitrogens with zero attached hydrogens (tertiary/aromatic N) is 2. The maximum Gasteiger partial charge on any atom is 0.264 e. The predicted octanol–water partition coefficient (Wildman–Crippen LogP) is 8.01. The lowest BCUT2D eigenvalue weighted by Gasteiger charge is -2.35. The Morgan fingerprint density at radius 1 is 0.851 bits per heavy atom. The highest BCUT2D eigenvalue weighted by Gasteiger charge is 2.36. The minimum atomic E-state index is -4.26. The summed E-state index contributed by atoms with van der Waals surface area (Å²) in [5.41, 5.74) is 2.97. The largest absolute Gasteiger partial charge is 0.352 e. The van der Waals surface area contributed by atoms with E-state index in [4.69, 9.17) is 34.8 Å². The fraction of sp³-hybridized carbons (Fsp3) is 0.278. The van der Waals surface area contributed by atoms with Crippen molar-refractivity contribution in [3.63, 3.8) is 0 Å². The van der Waals surface area contributed by atoms with Crippen LogP contribution in [0.4, 0.5) is 5.69 Å². The van der Waals surface area contributed by atoms with Crippen LogP contribution >= 0.6 is 34.8 Å². The van der Waals surface area contributed by atoms with Crippen molar-refractivity contribution in [3.05, 3.63) is 128 Å². The van der Waals surface area contributed by atoms with E-state index in [1.807, 2.05) is 51.1 Å². The summed E-state index contributed by atoms with van der Waals surface area (Å²) in [6.45, 7) is 6.67. The number of amides is 2. The molecule has 0 unspecified atom stereocenters. The van der Waals surface area contributed by atoms with E-state index in [9.17, 15) is 18.0 Å². The highest BCUT2D eigenvalue weighted by atomic mass is 35.5. The van der Waals surface area contributed by atoms with Crippen LogP contribution < -0.4 is 9.62 Å². The summed E-state index contributed by atoms with van der Waals surface area (Å²) in [6, 6.07) is 24.3. The molecule has 11 heteroatoms. The van der Waals surface area contributed by atoms with Gasteiger partial charge in [-0.05, 0) is 80.8 Å². The average Bonchev–Trinajstić information content (AvgIpc) is 3.03. The molecular formula is C36H38Cl3N3O4S. The van der Waals surface area contributed by atoms with Crippen LogP contribution in [0.2, 0.25) is 15.1 Å². The second kappa shape index (κ2) is 16.0. The average molecular weight is 715 g/mol. The van der Waals surface area contributed by atoms with Crippen LogP contribution in [0, 0.1) is 13.8 Å². The zero-order chi connectivity index (χ0) is 34.3. The van der Waals surface area contributed by atoms with Crippen molar-refractivity contribution < 1.29 is 18.0 Å². The fourth-order valence-electron chi connectivity index (χ4n) is 5.10. The predicted molar refractivity (Wildman–Crippen MR) is 191 cm³/mol. The maximum atomic E-state index is 14.7. The number of hydrogen-bond donors (Lipinski definition) is 1. The zero-order valence-corrected chi connectivity index (χ0v) is 29.8. The summed E-state index contributed by atoms with van der Waals surface area (Å²) in [5, 5.41) is 4.07. The van der Waals surface area contributed by atoms with Crippen LogP contribution in [-0.2, 0) is 32.6 Å². The third kappa shape index (κ3) is 9.08. The van der Waals surface area contributed by atoms with Gasteiger partial charge in [0.2, 0.25) is 11.8 Å².